The van der Waals surface area contributed by atoms with E-state index in [-0.39, 0.29) is 17.7 Å². The lowest BCUT2D eigenvalue weighted by Crippen LogP contribution is -2.32. The van der Waals surface area contributed by atoms with E-state index in [0.29, 0.717) is 5.56 Å². The molecule has 0 radical (unpaired) electrons. The van der Waals surface area contributed by atoms with Crippen LogP contribution >= 0.6 is 0 Å². The molecule has 2 aromatic rings. The van der Waals surface area contributed by atoms with Crippen molar-refractivity contribution >= 4 is 16.7 Å². The van der Waals surface area contributed by atoms with Gasteiger partial charge in [0.2, 0.25) is 0 Å². The SMILES string of the molecule is O=C(NC1CCCC1)c1ccc2ccccc2c1O. The van der Waals surface area contributed by atoms with Gasteiger partial charge in [-0.1, -0.05) is 43.2 Å². The van der Waals surface area contributed by atoms with E-state index >= 15 is 0 Å². The average Bonchev–Trinajstić information content (AvgIpc) is 2.92. The summed E-state index contributed by atoms with van der Waals surface area (Å²) in [4.78, 5) is 12.2. The van der Waals surface area contributed by atoms with Gasteiger partial charge in [0.1, 0.15) is 5.75 Å². The molecule has 98 valence electrons. The van der Waals surface area contributed by atoms with Gasteiger partial charge in [-0.05, 0) is 24.3 Å². The summed E-state index contributed by atoms with van der Waals surface area (Å²) in [5.74, 6) is -0.0937. The van der Waals surface area contributed by atoms with Gasteiger partial charge in [0.15, 0.2) is 0 Å². The summed E-state index contributed by atoms with van der Waals surface area (Å²) >= 11 is 0. The number of carbonyl (C=O) groups is 1. The predicted molar refractivity (Wildman–Crippen MR) is 75.3 cm³/mol. The lowest BCUT2D eigenvalue weighted by atomic mass is 10.0. The molecule has 3 rings (SSSR count). The van der Waals surface area contributed by atoms with Gasteiger partial charge in [0.05, 0.1) is 5.56 Å². The number of benzene rings is 2. The number of phenols is 1. The Morgan fingerprint density at radius 3 is 2.63 bits per heavy atom. The maximum absolute atomic E-state index is 12.2. The maximum atomic E-state index is 12.2. The molecule has 1 aliphatic rings. The fourth-order valence-corrected chi connectivity index (χ4v) is 2.77. The van der Waals surface area contributed by atoms with Gasteiger partial charge in [0.25, 0.3) is 5.91 Å². The van der Waals surface area contributed by atoms with E-state index in [0.717, 1.165) is 23.6 Å². The molecule has 1 aliphatic carbocycles. The Morgan fingerprint density at radius 1 is 1.11 bits per heavy atom. The molecule has 0 atom stereocenters. The molecular formula is C16H17NO2. The topological polar surface area (TPSA) is 49.3 Å². The summed E-state index contributed by atoms with van der Waals surface area (Å²) in [5, 5.41) is 14.9. The van der Waals surface area contributed by atoms with Crippen LogP contribution in [-0.4, -0.2) is 17.1 Å². The van der Waals surface area contributed by atoms with E-state index in [2.05, 4.69) is 5.32 Å². The van der Waals surface area contributed by atoms with Crippen molar-refractivity contribution in [3.8, 4) is 5.75 Å². The molecule has 0 bridgehead atoms. The van der Waals surface area contributed by atoms with Gasteiger partial charge >= 0.3 is 0 Å². The first-order valence-electron chi connectivity index (χ1n) is 6.77. The Balaban J connectivity index is 1.91. The smallest absolute Gasteiger partial charge is 0.255 e. The highest BCUT2D eigenvalue weighted by molar-refractivity contribution is 6.03. The highest BCUT2D eigenvalue weighted by Crippen LogP contribution is 2.29. The molecule has 1 amide bonds. The van der Waals surface area contributed by atoms with E-state index < -0.39 is 0 Å². The Morgan fingerprint density at radius 2 is 1.84 bits per heavy atom. The standard InChI is InChI=1S/C16H17NO2/c18-15-13-8-4-1-5-11(13)9-10-14(15)16(19)17-12-6-2-3-7-12/h1,4-5,8-10,12,18H,2-3,6-7H2,(H,17,19). The summed E-state index contributed by atoms with van der Waals surface area (Å²) in [7, 11) is 0. The van der Waals surface area contributed by atoms with Gasteiger partial charge < -0.3 is 10.4 Å². The Labute approximate surface area is 112 Å². The van der Waals surface area contributed by atoms with Gasteiger partial charge in [-0.25, -0.2) is 0 Å². The van der Waals surface area contributed by atoms with E-state index in [1.807, 2.05) is 30.3 Å². The van der Waals surface area contributed by atoms with Crippen LogP contribution in [-0.2, 0) is 0 Å². The van der Waals surface area contributed by atoms with Crippen molar-refractivity contribution in [2.24, 2.45) is 0 Å². The number of nitrogens with one attached hydrogen (secondary N) is 1. The number of hydrogen-bond donors (Lipinski definition) is 2. The first-order chi connectivity index (χ1) is 9.25. The number of amides is 1. The van der Waals surface area contributed by atoms with E-state index in [4.69, 9.17) is 0 Å². The number of phenolic OH excluding ortho intramolecular Hbond substituents is 1. The number of rotatable bonds is 2. The predicted octanol–water partition coefficient (Wildman–Crippen LogP) is 3.22. The van der Waals surface area contributed by atoms with E-state index in [9.17, 15) is 9.90 Å². The van der Waals surface area contributed by atoms with Crippen LogP contribution in [0.4, 0.5) is 0 Å². The molecule has 0 aliphatic heterocycles. The van der Waals surface area contributed by atoms with Gasteiger partial charge in [-0.15, -0.1) is 0 Å². The summed E-state index contributed by atoms with van der Waals surface area (Å²) < 4.78 is 0. The number of hydrogen-bond acceptors (Lipinski definition) is 2. The third kappa shape index (κ3) is 2.28. The second kappa shape index (κ2) is 4.92. The third-order valence-corrected chi connectivity index (χ3v) is 3.84. The molecule has 1 fully saturated rings. The minimum Gasteiger partial charge on any atom is -0.506 e. The Kier molecular flexibility index (Phi) is 3.11. The lowest BCUT2D eigenvalue weighted by Gasteiger charge is -2.13. The second-order valence-corrected chi connectivity index (χ2v) is 5.14. The minimum absolute atomic E-state index is 0.0774. The minimum atomic E-state index is -0.171. The molecule has 3 heteroatoms. The van der Waals surface area contributed by atoms with Crippen molar-refractivity contribution in [3.63, 3.8) is 0 Å². The molecule has 0 aromatic heterocycles. The fourth-order valence-electron chi connectivity index (χ4n) is 2.77. The zero-order valence-electron chi connectivity index (χ0n) is 10.7. The molecule has 0 heterocycles. The monoisotopic (exact) mass is 255 g/mol. The van der Waals surface area contributed by atoms with Crippen LogP contribution in [0.1, 0.15) is 36.0 Å². The normalized spacial score (nSPS) is 15.8. The van der Waals surface area contributed by atoms with Crippen LogP contribution in [0, 0.1) is 0 Å². The fraction of sp³-hybridized carbons (Fsp3) is 0.312. The Bertz CT molecular complexity index is 615. The zero-order chi connectivity index (χ0) is 13.2. The first-order valence-corrected chi connectivity index (χ1v) is 6.77. The molecular weight excluding hydrogens is 238 g/mol. The van der Waals surface area contributed by atoms with Crippen molar-refractivity contribution in [1.82, 2.24) is 5.32 Å². The van der Waals surface area contributed by atoms with Crippen molar-refractivity contribution in [3.05, 3.63) is 42.0 Å². The quantitative estimate of drug-likeness (QED) is 0.865. The first kappa shape index (κ1) is 12.0. The summed E-state index contributed by atoms with van der Waals surface area (Å²) in [6, 6.07) is 11.4. The van der Waals surface area contributed by atoms with Crippen LogP contribution in [0.2, 0.25) is 0 Å². The van der Waals surface area contributed by atoms with Crippen molar-refractivity contribution in [2.45, 2.75) is 31.7 Å². The number of carbonyl (C=O) groups excluding carboxylic acids is 1. The molecule has 19 heavy (non-hydrogen) atoms. The van der Waals surface area contributed by atoms with E-state index in [1.165, 1.54) is 12.8 Å². The number of aromatic hydroxyl groups is 1. The lowest BCUT2D eigenvalue weighted by molar-refractivity contribution is 0.0935. The number of fused-ring (bicyclic) bond motifs is 1. The molecule has 1 saturated carbocycles. The summed E-state index contributed by atoms with van der Waals surface area (Å²) in [5.41, 5.74) is 0.366. The highest BCUT2D eigenvalue weighted by Gasteiger charge is 2.20. The second-order valence-electron chi connectivity index (χ2n) is 5.14. The molecule has 0 saturated heterocycles. The van der Waals surface area contributed by atoms with Gasteiger partial charge in [-0.3, -0.25) is 4.79 Å². The van der Waals surface area contributed by atoms with Crippen LogP contribution in [0.3, 0.4) is 0 Å². The van der Waals surface area contributed by atoms with Crippen molar-refractivity contribution in [2.75, 3.05) is 0 Å². The van der Waals surface area contributed by atoms with Crippen LogP contribution in [0.25, 0.3) is 10.8 Å². The molecule has 3 nitrogen and oxygen atoms in total. The maximum Gasteiger partial charge on any atom is 0.255 e. The highest BCUT2D eigenvalue weighted by atomic mass is 16.3. The average molecular weight is 255 g/mol. The Hall–Kier alpha value is -2.03. The van der Waals surface area contributed by atoms with Crippen LogP contribution in [0.5, 0.6) is 5.75 Å². The van der Waals surface area contributed by atoms with Gasteiger partial charge in [0, 0.05) is 11.4 Å². The summed E-state index contributed by atoms with van der Waals surface area (Å²) in [6.07, 6.45) is 4.43. The molecule has 0 spiro atoms. The molecule has 2 N–H and O–H groups in total. The largest absolute Gasteiger partial charge is 0.506 e. The van der Waals surface area contributed by atoms with Crippen molar-refractivity contribution in [1.29, 1.82) is 0 Å². The van der Waals surface area contributed by atoms with Gasteiger partial charge in [-0.2, -0.15) is 0 Å². The zero-order valence-corrected chi connectivity index (χ0v) is 10.7. The van der Waals surface area contributed by atoms with Crippen LogP contribution in [0.15, 0.2) is 36.4 Å². The molecule has 2 aromatic carbocycles. The van der Waals surface area contributed by atoms with E-state index in [1.54, 1.807) is 6.07 Å². The third-order valence-electron chi connectivity index (χ3n) is 3.84. The van der Waals surface area contributed by atoms with Crippen molar-refractivity contribution < 1.29 is 9.90 Å². The van der Waals surface area contributed by atoms with Crippen LogP contribution < -0.4 is 5.32 Å². The summed E-state index contributed by atoms with van der Waals surface area (Å²) in [6.45, 7) is 0. The molecule has 0 unspecified atom stereocenters.